The van der Waals surface area contributed by atoms with Crippen LogP contribution in [0.15, 0.2) is 35.5 Å². The van der Waals surface area contributed by atoms with E-state index in [1.165, 1.54) is 0 Å². The Hall–Kier alpha value is -2.01. The van der Waals surface area contributed by atoms with Crippen LogP contribution >= 0.6 is 11.6 Å². The molecule has 2 N–H and O–H groups in total. The monoisotopic (exact) mass is 348 g/mol. The Morgan fingerprint density at radius 1 is 1.25 bits per heavy atom. The predicted molar refractivity (Wildman–Crippen MR) is 91.5 cm³/mol. The average Bonchev–Trinajstić information content (AvgIpc) is 2.92. The summed E-state index contributed by atoms with van der Waals surface area (Å²) in [4.78, 5) is 24.6. The number of benzene rings is 1. The van der Waals surface area contributed by atoms with Gasteiger partial charge in [0, 0.05) is 10.7 Å². The lowest BCUT2D eigenvalue weighted by atomic mass is 9.95. The second-order valence-corrected chi connectivity index (χ2v) is 6.91. The Balaban J connectivity index is 1.88. The van der Waals surface area contributed by atoms with Crippen molar-refractivity contribution < 1.29 is 14.3 Å². The molecule has 6 heteroatoms. The molecule has 0 saturated heterocycles. The number of carbonyl (C=O) groups is 2. The van der Waals surface area contributed by atoms with Crippen molar-refractivity contribution in [3.63, 3.8) is 0 Å². The van der Waals surface area contributed by atoms with Crippen LogP contribution in [0.2, 0.25) is 5.02 Å². The lowest BCUT2D eigenvalue weighted by Gasteiger charge is -2.29. The third-order valence-corrected chi connectivity index (χ3v) is 4.99. The number of rotatable bonds is 3. The normalized spacial score (nSPS) is 26.8. The highest BCUT2D eigenvalue weighted by Crippen LogP contribution is 2.32. The highest BCUT2D eigenvalue weighted by atomic mass is 35.5. The van der Waals surface area contributed by atoms with Crippen LogP contribution in [0.25, 0.3) is 0 Å². The molecule has 1 aromatic carbocycles. The Labute approximate surface area is 146 Å². The number of hydrogen-bond donors (Lipinski definition) is 2. The summed E-state index contributed by atoms with van der Waals surface area (Å²) in [6.45, 7) is 3.82. The molecule has 1 saturated carbocycles. The van der Waals surface area contributed by atoms with Gasteiger partial charge in [0.05, 0.1) is 11.6 Å². The lowest BCUT2D eigenvalue weighted by molar-refractivity contribution is -0.146. The van der Waals surface area contributed by atoms with Crippen LogP contribution in [0.5, 0.6) is 0 Å². The van der Waals surface area contributed by atoms with E-state index in [4.69, 9.17) is 16.3 Å². The Morgan fingerprint density at radius 3 is 2.58 bits per heavy atom. The van der Waals surface area contributed by atoms with Gasteiger partial charge in [-0.3, -0.25) is 0 Å². The second kappa shape index (κ2) is 6.85. The van der Waals surface area contributed by atoms with E-state index < -0.39 is 6.04 Å². The first-order chi connectivity index (χ1) is 11.5. The van der Waals surface area contributed by atoms with Crippen LogP contribution in [0.1, 0.15) is 44.7 Å². The van der Waals surface area contributed by atoms with E-state index in [-0.39, 0.29) is 18.1 Å². The molecule has 3 rings (SSSR count). The molecule has 3 unspecified atom stereocenters. The number of halogens is 1. The summed E-state index contributed by atoms with van der Waals surface area (Å²) in [5.41, 5.74) is 1.75. The SMILES string of the molecule is CC1=C(C(=O)OC2CCCC2C)C(c2ccc(Cl)cc2)NC(=O)N1. The standard InChI is InChI=1S/C18H21ClN2O3/c1-10-4-3-5-14(10)24-17(22)15-11(2)20-18(23)21-16(15)12-6-8-13(19)9-7-12/h6-10,14,16H,3-5H2,1-2H3,(H2,20,21,23). The molecular formula is C18H21ClN2O3. The third-order valence-electron chi connectivity index (χ3n) is 4.73. The minimum absolute atomic E-state index is 0.0544. The molecule has 2 amide bonds. The number of hydrogen-bond acceptors (Lipinski definition) is 3. The topological polar surface area (TPSA) is 67.4 Å². The molecule has 24 heavy (non-hydrogen) atoms. The van der Waals surface area contributed by atoms with Crippen LogP contribution < -0.4 is 10.6 Å². The number of amides is 2. The van der Waals surface area contributed by atoms with Gasteiger partial charge >= 0.3 is 12.0 Å². The smallest absolute Gasteiger partial charge is 0.338 e. The molecule has 128 valence electrons. The zero-order valence-corrected chi connectivity index (χ0v) is 14.5. The van der Waals surface area contributed by atoms with Gasteiger partial charge < -0.3 is 15.4 Å². The van der Waals surface area contributed by atoms with E-state index in [2.05, 4.69) is 17.6 Å². The zero-order valence-electron chi connectivity index (χ0n) is 13.8. The highest BCUT2D eigenvalue weighted by Gasteiger charge is 2.35. The van der Waals surface area contributed by atoms with Gasteiger partial charge in [0.25, 0.3) is 0 Å². The molecule has 0 radical (unpaired) electrons. The molecule has 5 nitrogen and oxygen atoms in total. The molecule has 0 spiro atoms. The van der Waals surface area contributed by atoms with Crippen LogP contribution in [0.3, 0.4) is 0 Å². The first kappa shape index (κ1) is 16.8. The number of nitrogens with one attached hydrogen (secondary N) is 2. The Bertz CT molecular complexity index is 684. The van der Waals surface area contributed by atoms with Crippen molar-refractivity contribution in [1.29, 1.82) is 0 Å². The van der Waals surface area contributed by atoms with Crippen molar-refractivity contribution in [2.75, 3.05) is 0 Å². The van der Waals surface area contributed by atoms with E-state index in [0.717, 1.165) is 24.8 Å². The summed E-state index contributed by atoms with van der Waals surface area (Å²) in [6.07, 6.45) is 2.99. The van der Waals surface area contributed by atoms with Crippen LogP contribution in [0, 0.1) is 5.92 Å². The number of allylic oxidation sites excluding steroid dienone is 1. The zero-order chi connectivity index (χ0) is 17.3. The maximum Gasteiger partial charge on any atom is 0.338 e. The Morgan fingerprint density at radius 2 is 1.96 bits per heavy atom. The fourth-order valence-electron chi connectivity index (χ4n) is 3.36. The van der Waals surface area contributed by atoms with Crippen molar-refractivity contribution in [2.45, 2.75) is 45.3 Å². The maximum atomic E-state index is 12.8. The molecule has 3 atom stereocenters. The van der Waals surface area contributed by atoms with Gasteiger partial charge in [0.15, 0.2) is 0 Å². The molecular weight excluding hydrogens is 328 g/mol. The molecule has 1 aromatic rings. The van der Waals surface area contributed by atoms with Crippen molar-refractivity contribution in [1.82, 2.24) is 10.6 Å². The third kappa shape index (κ3) is 3.41. The number of carbonyl (C=O) groups excluding carboxylic acids is 2. The summed E-state index contributed by atoms with van der Waals surface area (Å²) in [7, 11) is 0. The van der Waals surface area contributed by atoms with Crippen molar-refractivity contribution >= 4 is 23.6 Å². The van der Waals surface area contributed by atoms with E-state index >= 15 is 0 Å². The second-order valence-electron chi connectivity index (χ2n) is 6.47. The van der Waals surface area contributed by atoms with Gasteiger partial charge in [-0.05, 0) is 49.8 Å². The van der Waals surface area contributed by atoms with Gasteiger partial charge in [-0.25, -0.2) is 9.59 Å². The summed E-state index contributed by atoms with van der Waals surface area (Å²) in [5, 5.41) is 6.06. The molecule has 1 aliphatic carbocycles. The van der Waals surface area contributed by atoms with Gasteiger partial charge in [0.2, 0.25) is 0 Å². The van der Waals surface area contributed by atoms with Crippen molar-refractivity contribution in [3.05, 3.63) is 46.1 Å². The van der Waals surface area contributed by atoms with Crippen molar-refractivity contribution in [3.8, 4) is 0 Å². The molecule has 1 fully saturated rings. The summed E-state index contributed by atoms with van der Waals surface area (Å²) >= 11 is 5.93. The summed E-state index contributed by atoms with van der Waals surface area (Å²) in [5.74, 6) is -0.00585. The summed E-state index contributed by atoms with van der Waals surface area (Å²) < 4.78 is 5.73. The fourth-order valence-corrected chi connectivity index (χ4v) is 3.48. The first-order valence-electron chi connectivity index (χ1n) is 8.20. The van der Waals surface area contributed by atoms with Gasteiger partial charge in [0.1, 0.15) is 6.10 Å². The Kier molecular flexibility index (Phi) is 4.81. The first-order valence-corrected chi connectivity index (χ1v) is 8.58. The average molecular weight is 349 g/mol. The van der Waals surface area contributed by atoms with Crippen LogP contribution in [-0.2, 0) is 9.53 Å². The van der Waals surface area contributed by atoms with Gasteiger partial charge in [-0.15, -0.1) is 0 Å². The number of esters is 1. The van der Waals surface area contributed by atoms with Gasteiger partial charge in [-0.1, -0.05) is 30.7 Å². The maximum absolute atomic E-state index is 12.8. The molecule has 0 aromatic heterocycles. The van der Waals surface area contributed by atoms with Crippen LogP contribution in [0.4, 0.5) is 4.79 Å². The van der Waals surface area contributed by atoms with Crippen LogP contribution in [-0.4, -0.2) is 18.1 Å². The minimum atomic E-state index is -0.541. The summed E-state index contributed by atoms with van der Waals surface area (Å²) in [6, 6.07) is 6.21. The van der Waals surface area contributed by atoms with E-state index in [1.54, 1.807) is 31.2 Å². The molecule has 1 aliphatic heterocycles. The molecule has 2 aliphatic rings. The van der Waals surface area contributed by atoms with Crippen molar-refractivity contribution in [2.24, 2.45) is 5.92 Å². The molecule has 0 bridgehead atoms. The van der Waals surface area contributed by atoms with E-state index in [9.17, 15) is 9.59 Å². The lowest BCUT2D eigenvalue weighted by Crippen LogP contribution is -2.45. The largest absolute Gasteiger partial charge is 0.459 e. The molecule has 1 heterocycles. The van der Waals surface area contributed by atoms with E-state index in [1.807, 2.05) is 0 Å². The highest BCUT2D eigenvalue weighted by molar-refractivity contribution is 6.30. The number of urea groups is 1. The van der Waals surface area contributed by atoms with Gasteiger partial charge in [-0.2, -0.15) is 0 Å². The quantitative estimate of drug-likeness (QED) is 0.818. The fraction of sp³-hybridized carbons (Fsp3) is 0.444. The predicted octanol–water partition coefficient (Wildman–Crippen LogP) is 3.70. The van der Waals surface area contributed by atoms with E-state index in [0.29, 0.717) is 22.2 Å². The minimum Gasteiger partial charge on any atom is -0.459 e. The number of ether oxygens (including phenoxy) is 1.